The Morgan fingerprint density at radius 3 is 2.88 bits per heavy atom. The summed E-state index contributed by atoms with van der Waals surface area (Å²) in [6.07, 6.45) is -0.0443. The topological polar surface area (TPSA) is 55.1 Å². The summed E-state index contributed by atoms with van der Waals surface area (Å²) < 4.78 is 2.00. The van der Waals surface area contributed by atoms with Crippen LogP contribution in [0.5, 0.6) is 0 Å². The number of carbonyl (C=O) groups is 1. The Bertz CT molecular complexity index is 611. The molecule has 0 aliphatic heterocycles. The van der Waals surface area contributed by atoms with Crippen molar-refractivity contribution in [1.29, 1.82) is 0 Å². The van der Waals surface area contributed by atoms with E-state index in [1.807, 2.05) is 36.7 Å². The fourth-order valence-corrected chi connectivity index (χ4v) is 1.82. The summed E-state index contributed by atoms with van der Waals surface area (Å²) in [5, 5.41) is 8.73. The summed E-state index contributed by atoms with van der Waals surface area (Å²) >= 11 is 0. The molecule has 0 aliphatic carbocycles. The van der Waals surface area contributed by atoms with Crippen molar-refractivity contribution in [2.75, 3.05) is 0 Å². The van der Waals surface area contributed by atoms with Crippen molar-refractivity contribution in [1.82, 2.24) is 9.55 Å². The first-order valence-electron chi connectivity index (χ1n) is 5.32. The number of nitrogens with zero attached hydrogens (tertiary/aromatic N) is 2. The average Bonchev–Trinajstić information content (AvgIpc) is 2.53. The second-order valence-corrected chi connectivity index (χ2v) is 4.10. The van der Waals surface area contributed by atoms with Gasteiger partial charge in [0.05, 0.1) is 17.5 Å². The van der Waals surface area contributed by atoms with Crippen molar-refractivity contribution in [3.8, 4) is 0 Å². The highest BCUT2D eigenvalue weighted by Crippen LogP contribution is 2.22. The Labute approximate surface area is 99.2 Å². The van der Waals surface area contributed by atoms with Gasteiger partial charge in [-0.3, -0.25) is 4.79 Å². The summed E-state index contributed by atoms with van der Waals surface area (Å²) in [6.45, 7) is 5.72. The number of hydrogen-bond donors (Lipinski definition) is 1. The molecule has 1 aromatic heterocycles. The molecule has 88 valence electrons. The number of carboxylic acids is 1. The summed E-state index contributed by atoms with van der Waals surface area (Å²) in [7, 11) is 1.95. The SMILES string of the molecule is C=C(CC(=O)O)c1ccc2c(c1)nc(C)n2C. The third-order valence-corrected chi connectivity index (χ3v) is 2.88. The zero-order chi connectivity index (χ0) is 12.6. The minimum Gasteiger partial charge on any atom is -0.481 e. The van der Waals surface area contributed by atoms with Crippen LogP contribution in [0, 0.1) is 6.92 Å². The lowest BCUT2D eigenvalue weighted by atomic mass is 10.0. The number of aryl methyl sites for hydroxylation is 2. The van der Waals surface area contributed by atoms with E-state index in [-0.39, 0.29) is 6.42 Å². The predicted octanol–water partition coefficient (Wildman–Crippen LogP) is 2.37. The molecule has 0 spiro atoms. The molecule has 4 nitrogen and oxygen atoms in total. The van der Waals surface area contributed by atoms with E-state index in [4.69, 9.17) is 5.11 Å². The molecule has 0 unspecified atom stereocenters. The summed E-state index contributed by atoms with van der Waals surface area (Å²) in [5.41, 5.74) is 3.34. The smallest absolute Gasteiger partial charge is 0.307 e. The number of aromatic nitrogens is 2. The van der Waals surface area contributed by atoms with Gasteiger partial charge in [-0.05, 0) is 30.2 Å². The largest absolute Gasteiger partial charge is 0.481 e. The number of benzene rings is 1. The molecule has 0 bridgehead atoms. The van der Waals surface area contributed by atoms with Crippen molar-refractivity contribution in [2.45, 2.75) is 13.3 Å². The van der Waals surface area contributed by atoms with Crippen molar-refractivity contribution < 1.29 is 9.90 Å². The molecule has 17 heavy (non-hydrogen) atoms. The van der Waals surface area contributed by atoms with E-state index in [1.54, 1.807) is 0 Å². The van der Waals surface area contributed by atoms with Crippen LogP contribution in [0.15, 0.2) is 24.8 Å². The van der Waals surface area contributed by atoms with Gasteiger partial charge < -0.3 is 9.67 Å². The number of hydrogen-bond acceptors (Lipinski definition) is 2. The zero-order valence-electron chi connectivity index (χ0n) is 9.90. The van der Waals surface area contributed by atoms with E-state index in [0.29, 0.717) is 5.57 Å². The van der Waals surface area contributed by atoms with Crippen LogP contribution < -0.4 is 0 Å². The molecule has 1 heterocycles. The number of rotatable bonds is 3. The highest BCUT2D eigenvalue weighted by atomic mass is 16.4. The van der Waals surface area contributed by atoms with E-state index >= 15 is 0 Å². The molecule has 4 heteroatoms. The van der Waals surface area contributed by atoms with Crippen LogP contribution in [0.2, 0.25) is 0 Å². The standard InChI is InChI=1S/C13H14N2O2/c1-8(6-13(16)17)10-4-5-12-11(7-10)14-9(2)15(12)3/h4-5,7H,1,6H2,2-3H3,(H,16,17). The molecular weight excluding hydrogens is 216 g/mol. The highest BCUT2D eigenvalue weighted by molar-refractivity contribution is 5.86. The molecule has 0 saturated heterocycles. The molecular formula is C13H14N2O2. The van der Waals surface area contributed by atoms with E-state index in [9.17, 15) is 4.79 Å². The predicted molar refractivity (Wildman–Crippen MR) is 66.7 cm³/mol. The van der Waals surface area contributed by atoms with E-state index in [1.165, 1.54) is 0 Å². The Morgan fingerprint density at radius 2 is 2.24 bits per heavy atom. The molecule has 0 radical (unpaired) electrons. The minimum absolute atomic E-state index is 0.0443. The molecule has 1 aromatic carbocycles. The van der Waals surface area contributed by atoms with Gasteiger partial charge in [-0.25, -0.2) is 4.98 Å². The zero-order valence-corrected chi connectivity index (χ0v) is 9.90. The van der Waals surface area contributed by atoms with Gasteiger partial charge in [0.15, 0.2) is 0 Å². The van der Waals surface area contributed by atoms with Crippen LogP contribution in [0.25, 0.3) is 16.6 Å². The quantitative estimate of drug-likeness (QED) is 0.880. The van der Waals surface area contributed by atoms with Crippen molar-refractivity contribution in [3.05, 3.63) is 36.2 Å². The van der Waals surface area contributed by atoms with Gasteiger partial charge in [-0.2, -0.15) is 0 Å². The van der Waals surface area contributed by atoms with Crippen LogP contribution in [-0.2, 0) is 11.8 Å². The Morgan fingerprint density at radius 1 is 1.53 bits per heavy atom. The van der Waals surface area contributed by atoms with Crippen molar-refractivity contribution >= 4 is 22.6 Å². The van der Waals surface area contributed by atoms with Crippen molar-refractivity contribution in [3.63, 3.8) is 0 Å². The molecule has 2 rings (SSSR count). The first-order valence-corrected chi connectivity index (χ1v) is 5.32. The first-order chi connectivity index (χ1) is 7.99. The lowest BCUT2D eigenvalue weighted by molar-refractivity contribution is -0.135. The monoisotopic (exact) mass is 230 g/mol. The van der Waals surface area contributed by atoms with Crippen LogP contribution >= 0.6 is 0 Å². The lowest BCUT2D eigenvalue weighted by Crippen LogP contribution is -1.96. The second kappa shape index (κ2) is 4.05. The molecule has 0 atom stereocenters. The fourth-order valence-electron chi connectivity index (χ4n) is 1.82. The van der Waals surface area contributed by atoms with Crippen LogP contribution in [0.3, 0.4) is 0 Å². The molecule has 0 aliphatic rings. The lowest BCUT2D eigenvalue weighted by Gasteiger charge is -2.03. The molecule has 1 N–H and O–H groups in total. The van der Waals surface area contributed by atoms with E-state index in [2.05, 4.69) is 11.6 Å². The van der Waals surface area contributed by atoms with Gasteiger partial charge in [0.2, 0.25) is 0 Å². The van der Waals surface area contributed by atoms with Gasteiger partial charge >= 0.3 is 5.97 Å². The molecule has 0 fully saturated rings. The van der Waals surface area contributed by atoms with E-state index in [0.717, 1.165) is 22.4 Å². The van der Waals surface area contributed by atoms with Gasteiger partial charge in [-0.15, -0.1) is 0 Å². The van der Waals surface area contributed by atoms with Gasteiger partial charge in [-0.1, -0.05) is 12.6 Å². The highest BCUT2D eigenvalue weighted by Gasteiger charge is 2.08. The molecule has 2 aromatic rings. The fraction of sp³-hybridized carbons (Fsp3) is 0.231. The number of fused-ring (bicyclic) bond motifs is 1. The van der Waals surface area contributed by atoms with Crippen LogP contribution in [0.1, 0.15) is 17.8 Å². The Balaban J connectivity index is 2.45. The normalized spacial score (nSPS) is 10.7. The maximum absolute atomic E-state index is 10.6. The molecule has 0 amide bonds. The summed E-state index contributed by atoms with van der Waals surface area (Å²) in [5.74, 6) is 0.0632. The minimum atomic E-state index is -0.868. The van der Waals surface area contributed by atoms with Crippen molar-refractivity contribution in [2.24, 2.45) is 7.05 Å². The number of aliphatic carboxylic acids is 1. The first kappa shape index (κ1) is 11.4. The summed E-state index contributed by atoms with van der Waals surface area (Å²) in [4.78, 5) is 15.0. The summed E-state index contributed by atoms with van der Waals surface area (Å²) in [6, 6.07) is 5.71. The maximum Gasteiger partial charge on any atom is 0.307 e. The van der Waals surface area contributed by atoms with E-state index < -0.39 is 5.97 Å². The number of carboxylic acid groups (broad SMARTS) is 1. The third-order valence-electron chi connectivity index (χ3n) is 2.88. The van der Waals surface area contributed by atoms with Crippen LogP contribution in [0.4, 0.5) is 0 Å². The Kier molecular flexibility index (Phi) is 2.71. The molecule has 0 saturated carbocycles. The van der Waals surface area contributed by atoms with Crippen LogP contribution in [-0.4, -0.2) is 20.6 Å². The third kappa shape index (κ3) is 2.06. The average molecular weight is 230 g/mol. The maximum atomic E-state index is 10.6. The number of imidazole rings is 1. The van der Waals surface area contributed by atoms with Gasteiger partial charge in [0, 0.05) is 7.05 Å². The van der Waals surface area contributed by atoms with Gasteiger partial charge in [0.1, 0.15) is 5.82 Å². The van der Waals surface area contributed by atoms with Gasteiger partial charge in [0.25, 0.3) is 0 Å². The Hall–Kier alpha value is -2.10. The second-order valence-electron chi connectivity index (χ2n) is 4.10.